The number of nitrogens with one attached hydrogen (secondary N) is 2. The molecule has 0 fully saturated rings. The second-order valence-electron chi connectivity index (χ2n) is 7.52. The number of aromatic amines is 1. The van der Waals surface area contributed by atoms with E-state index >= 15 is 0 Å². The van der Waals surface area contributed by atoms with Crippen molar-refractivity contribution in [1.82, 2.24) is 9.88 Å². The number of anilines is 1. The lowest BCUT2D eigenvalue weighted by Gasteiger charge is -2.22. The van der Waals surface area contributed by atoms with Gasteiger partial charge in [-0.2, -0.15) is 0 Å². The number of nitrogens with zero attached hydrogens (tertiary/aromatic N) is 1. The van der Waals surface area contributed by atoms with Crippen LogP contribution in [0.15, 0.2) is 70.1 Å². The molecule has 0 radical (unpaired) electrons. The van der Waals surface area contributed by atoms with E-state index in [1.165, 1.54) is 35.4 Å². The van der Waals surface area contributed by atoms with Gasteiger partial charge in [0.25, 0.3) is 5.56 Å². The molecule has 7 heteroatoms. The van der Waals surface area contributed by atoms with Gasteiger partial charge >= 0.3 is 6.03 Å². The molecule has 0 unspecified atom stereocenters. The lowest BCUT2D eigenvalue weighted by atomic mass is 10.0. The molecule has 0 aliphatic rings. The Morgan fingerprint density at radius 3 is 2.52 bits per heavy atom. The largest absolute Gasteiger partial charge is 0.467 e. The number of H-pyrrole nitrogens is 1. The summed E-state index contributed by atoms with van der Waals surface area (Å²) in [4.78, 5) is 30.1. The van der Waals surface area contributed by atoms with Crippen LogP contribution in [0.4, 0.5) is 14.9 Å². The smallest absolute Gasteiger partial charge is 0.322 e. The van der Waals surface area contributed by atoms with Crippen molar-refractivity contribution in [2.45, 2.75) is 26.9 Å². The maximum Gasteiger partial charge on any atom is 0.322 e. The van der Waals surface area contributed by atoms with Crippen LogP contribution in [0.5, 0.6) is 0 Å². The first-order valence-electron chi connectivity index (χ1n) is 9.86. The Labute approximate surface area is 178 Å². The molecule has 4 rings (SSSR count). The number of benzene rings is 2. The number of amides is 2. The molecule has 31 heavy (non-hydrogen) atoms. The monoisotopic (exact) mass is 419 g/mol. The number of halogens is 1. The van der Waals surface area contributed by atoms with Crippen molar-refractivity contribution < 1.29 is 13.6 Å². The van der Waals surface area contributed by atoms with Crippen molar-refractivity contribution in [1.29, 1.82) is 0 Å². The summed E-state index contributed by atoms with van der Waals surface area (Å²) in [7, 11) is 0. The van der Waals surface area contributed by atoms with E-state index in [9.17, 15) is 14.0 Å². The third kappa shape index (κ3) is 4.66. The summed E-state index contributed by atoms with van der Waals surface area (Å²) in [6.45, 7) is 4.25. The highest BCUT2D eigenvalue weighted by Crippen LogP contribution is 2.19. The summed E-state index contributed by atoms with van der Waals surface area (Å²) in [5.41, 5.74) is 3.62. The van der Waals surface area contributed by atoms with Crippen LogP contribution in [-0.4, -0.2) is 15.9 Å². The zero-order valence-electron chi connectivity index (χ0n) is 17.2. The highest BCUT2D eigenvalue weighted by molar-refractivity contribution is 5.89. The van der Waals surface area contributed by atoms with Gasteiger partial charge in [-0.15, -0.1) is 0 Å². The normalized spacial score (nSPS) is 10.9. The minimum Gasteiger partial charge on any atom is -0.467 e. The van der Waals surface area contributed by atoms with Gasteiger partial charge in [0.05, 0.1) is 19.4 Å². The molecule has 0 atom stereocenters. The van der Waals surface area contributed by atoms with Gasteiger partial charge in [0, 0.05) is 16.8 Å². The minimum atomic E-state index is -0.428. The van der Waals surface area contributed by atoms with Gasteiger partial charge in [0.15, 0.2) is 0 Å². The van der Waals surface area contributed by atoms with Gasteiger partial charge < -0.3 is 19.6 Å². The summed E-state index contributed by atoms with van der Waals surface area (Å²) >= 11 is 0. The minimum absolute atomic E-state index is 0.0753. The number of rotatable bonds is 5. The predicted molar refractivity (Wildman–Crippen MR) is 117 cm³/mol. The molecule has 0 bridgehead atoms. The SMILES string of the molecule is Cc1cc2cc(CN(Cc3ccco3)C(=O)Nc3ccc(F)cc3)c(=O)[nH]c2cc1C. The van der Waals surface area contributed by atoms with E-state index in [-0.39, 0.29) is 18.6 Å². The van der Waals surface area contributed by atoms with Crippen LogP contribution in [0.3, 0.4) is 0 Å². The van der Waals surface area contributed by atoms with Crippen LogP contribution in [0, 0.1) is 19.7 Å². The van der Waals surface area contributed by atoms with Gasteiger partial charge in [-0.25, -0.2) is 9.18 Å². The third-order valence-corrected chi connectivity index (χ3v) is 5.21. The fourth-order valence-corrected chi connectivity index (χ4v) is 3.37. The second kappa shape index (κ2) is 8.47. The molecule has 2 aromatic carbocycles. The van der Waals surface area contributed by atoms with Crippen molar-refractivity contribution in [3.63, 3.8) is 0 Å². The number of furan rings is 1. The Balaban J connectivity index is 1.64. The number of fused-ring (bicyclic) bond motifs is 1. The van der Waals surface area contributed by atoms with Gasteiger partial charge in [0.1, 0.15) is 11.6 Å². The molecule has 0 saturated carbocycles. The van der Waals surface area contributed by atoms with E-state index in [0.29, 0.717) is 17.0 Å². The van der Waals surface area contributed by atoms with E-state index in [0.717, 1.165) is 22.0 Å². The van der Waals surface area contributed by atoms with Crippen LogP contribution < -0.4 is 10.9 Å². The molecule has 0 spiro atoms. The maximum atomic E-state index is 13.2. The molecule has 2 heterocycles. The quantitative estimate of drug-likeness (QED) is 0.472. The molecule has 2 aromatic heterocycles. The molecular formula is C24H22FN3O3. The molecule has 2 N–H and O–H groups in total. The van der Waals surface area contributed by atoms with Gasteiger partial charge in [-0.1, -0.05) is 0 Å². The molecule has 0 saturated heterocycles. The zero-order chi connectivity index (χ0) is 22.0. The predicted octanol–water partition coefficient (Wildman–Crippen LogP) is 5.11. The maximum absolute atomic E-state index is 13.2. The summed E-state index contributed by atoms with van der Waals surface area (Å²) in [5, 5.41) is 3.64. The Morgan fingerprint density at radius 1 is 1.06 bits per heavy atom. The van der Waals surface area contributed by atoms with Crippen molar-refractivity contribution >= 4 is 22.6 Å². The van der Waals surface area contributed by atoms with Gasteiger partial charge in [-0.3, -0.25) is 4.79 Å². The number of urea groups is 1. The lowest BCUT2D eigenvalue weighted by Crippen LogP contribution is -2.35. The average molecular weight is 419 g/mol. The molecule has 0 aliphatic heterocycles. The van der Waals surface area contributed by atoms with Gasteiger partial charge in [-0.05, 0) is 85.0 Å². The Kier molecular flexibility index (Phi) is 5.58. The number of aryl methyl sites for hydroxylation is 2. The van der Waals surface area contributed by atoms with E-state index in [2.05, 4.69) is 10.3 Å². The van der Waals surface area contributed by atoms with Crippen molar-refractivity contribution in [2.24, 2.45) is 0 Å². The first-order valence-corrected chi connectivity index (χ1v) is 9.86. The van der Waals surface area contributed by atoms with Crippen molar-refractivity contribution in [3.05, 3.63) is 99.5 Å². The number of pyridine rings is 1. The van der Waals surface area contributed by atoms with Crippen molar-refractivity contribution in [3.8, 4) is 0 Å². The highest BCUT2D eigenvalue weighted by atomic mass is 19.1. The van der Waals surface area contributed by atoms with E-state index < -0.39 is 11.8 Å². The number of carbonyl (C=O) groups excluding carboxylic acids is 1. The lowest BCUT2D eigenvalue weighted by molar-refractivity contribution is 0.201. The molecule has 0 aliphatic carbocycles. The number of carbonyl (C=O) groups is 1. The Morgan fingerprint density at radius 2 is 1.81 bits per heavy atom. The first kappa shape index (κ1) is 20.4. The second-order valence-corrected chi connectivity index (χ2v) is 7.52. The van der Waals surface area contributed by atoms with Crippen LogP contribution in [-0.2, 0) is 13.1 Å². The fourth-order valence-electron chi connectivity index (χ4n) is 3.37. The number of aromatic nitrogens is 1. The summed E-state index contributed by atoms with van der Waals surface area (Å²) < 4.78 is 18.6. The number of hydrogen-bond acceptors (Lipinski definition) is 3. The molecule has 158 valence electrons. The molecule has 2 amide bonds. The third-order valence-electron chi connectivity index (χ3n) is 5.21. The summed E-state index contributed by atoms with van der Waals surface area (Å²) in [6.07, 6.45) is 1.53. The highest BCUT2D eigenvalue weighted by Gasteiger charge is 2.18. The molecule has 6 nitrogen and oxygen atoms in total. The zero-order valence-corrected chi connectivity index (χ0v) is 17.2. The molecule has 4 aromatic rings. The van der Waals surface area contributed by atoms with Crippen LogP contribution in [0.1, 0.15) is 22.5 Å². The summed E-state index contributed by atoms with van der Waals surface area (Å²) in [6, 6.07) is 14.3. The average Bonchev–Trinajstić information content (AvgIpc) is 3.24. The van der Waals surface area contributed by atoms with E-state index in [1.54, 1.807) is 18.2 Å². The van der Waals surface area contributed by atoms with Crippen LogP contribution in [0.25, 0.3) is 10.9 Å². The first-order chi connectivity index (χ1) is 14.9. The van der Waals surface area contributed by atoms with Crippen molar-refractivity contribution in [2.75, 3.05) is 5.32 Å². The Hall–Kier alpha value is -3.87. The van der Waals surface area contributed by atoms with E-state index in [4.69, 9.17) is 4.42 Å². The standard InChI is InChI=1S/C24H22FN3O3/c1-15-10-17-12-18(23(29)27-22(17)11-16(15)2)13-28(14-21-4-3-9-31-21)24(30)26-20-7-5-19(25)6-8-20/h3-12H,13-14H2,1-2H3,(H,26,30)(H,27,29). The fraction of sp³-hybridized carbons (Fsp3) is 0.167. The Bertz CT molecular complexity index is 1280. The van der Waals surface area contributed by atoms with Gasteiger partial charge in [0.2, 0.25) is 0 Å². The van der Waals surface area contributed by atoms with Crippen LogP contribution in [0.2, 0.25) is 0 Å². The topological polar surface area (TPSA) is 78.3 Å². The number of hydrogen-bond donors (Lipinski definition) is 2. The van der Waals surface area contributed by atoms with E-state index in [1.807, 2.05) is 26.0 Å². The molecular weight excluding hydrogens is 397 g/mol. The summed E-state index contributed by atoms with van der Waals surface area (Å²) in [5.74, 6) is 0.191. The van der Waals surface area contributed by atoms with Crippen LogP contribution >= 0.6 is 0 Å².